The van der Waals surface area contributed by atoms with Gasteiger partial charge in [0.15, 0.2) is 16.7 Å². The lowest BCUT2D eigenvalue weighted by Crippen LogP contribution is -2.27. The fourth-order valence-electron chi connectivity index (χ4n) is 2.45. The van der Waals surface area contributed by atoms with Gasteiger partial charge in [0.25, 0.3) is 5.91 Å². The number of phenols is 1. The van der Waals surface area contributed by atoms with Gasteiger partial charge in [0.05, 0.1) is 24.8 Å². The van der Waals surface area contributed by atoms with Gasteiger partial charge in [0.2, 0.25) is 5.75 Å². The molecular formula is C18H16N2O4S. The Labute approximate surface area is 149 Å². The Morgan fingerprint density at radius 2 is 1.72 bits per heavy atom. The average Bonchev–Trinajstić information content (AvgIpc) is 2.90. The van der Waals surface area contributed by atoms with Gasteiger partial charge in [-0.25, -0.2) is 0 Å². The molecule has 1 aliphatic rings. The molecule has 0 spiro atoms. The minimum absolute atomic E-state index is 0.101. The molecule has 128 valence electrons. The van der Waals surface area contributed by atoms with Crippen molar-refractivity contribution in [3.05, 3.63) is 52.9 Å². The van der Waals surface area contributed by atoms with Crippen LogP contribution in [0.4, 0.5) is 5.69 Å². The topological polar surface area (TPSA) is 82.9 Å². The largest absolute Gasteiger partial charge is 0.502 e. The van der Waals surface area contributed by atoms with Gasteiger partial charge in [-0.3, -0.25) is 15.1 Å². The molecule has 0 aromatic heterocycles. The molecule has 1 heterocycles. The summed E-state index contributed by atoms with van der Waals surface area (Å²) in [7, 11) is 2.88. The Bertz CT molecular complexity index is 840. The number of carbonyl (C=O) groups is 1. The van der Waals surface area contributed by atoms with Gasteiger partial charge >= 0.3 is 0 Å². The molecule has 2 aromatic carbocycles. The van der Waals surface area contributed by atoms with Crippen LogP contribution < -0.4 is 14.4 Å². The Kier molecular flexibility index (Phi) is 4.67. The number of amides is 1. The summed E-state index contributed by atoms with van der Waals surface area (Å²) in [5.41, 5.74) is 1.28. The number of ether oxygens (including phenoxy) is 2. The summed E-state index contributed by atoms with van der Waals surface area (Å²) >= 11 is 1.08. The van der Waals surface area contributed by atoms with E-state index >= 15 is 0 Å². The van der Waals surface area contributed by atoms with Gasteiger partial charge in [0, 0.05) is 0 Å². The third-order valence-electron chi connectivity index (χ3n) is 3.64. The number of hydrogen-bond acceptors (Lipinski definition) is 6. The Morgan fingerprint density at radius 1 is 1.12 bits per heavy atom. The van der Waals surface area contributed by atoms with Crippen molar-refractivity contribution in [1.82, 2.24) is 0 Å². The van der Waals surface area contributed by atoms with Crippen LogP contribution in [0.15, 0.2) is 47.4 Å². The number of rotatable bonds is 4. The number of nitrogens with zero attached hydrogens (tertiary/aromatic N) is 1. The summed E-state index contributed by atoms with van der Waals surface area (Å²) in [6.45, 7) is 0. The van der Waals surface area contributed by atoms with E-state index in [2.05, 4.69) is 0 Å². The minimum Gasteiger partial charge on any atom is -0.502 e. The highest BCUT2D eigenvalue weighted by Crippen LogP contribution is 2.40. The number of carbonyl (C=O) groups excluding carboxylic acids is 1. The summed E-state index contributed by atoms with van der Waals surface area (Å²) in [5, 5.41) is 18.2. The van der Waals surface area contributed by atoms with Crippen molar-refractivity contribution in [1.29, 1.82) is 5.41 Å². The van der Waals surface area contributed by atoms with Crippen LogP contribution in [-0.2, 0) is 4.79 Å². The molecule has 3 rings (SSSR count). The fraction of sp³-hybridized carbons (Fsp3) is 0.111. The molecule has 0 radical (unpaired) electrons. The van der Waals surface area contributed by atoms with Crippen molar-refractivity contribution in [2.24, 2.45) is 0 Å². The lowest BCUT2D eigenvalue weighted by atomic mass is 10.1. The van der Waals surface area contributed by atoms with E-state index in [4.69, 9.17) is 14.9 Å². The maximum atomic E-state index is 12.7. The molecule has 0 saturated carbocycles. The summed E-state index contributed by atoms with van der Waals surface area (Å²) in [6.07, 6.45) is 1.65. The normalized spacial score (nSPS) is 15.8. The number of nitrogens with one attached hydrogen (secondary N) is 1. The molecule has 0 bridgehead atoms. The maximum Gasteiger partial charge on any atom is 0.271 e. The number of benzene rings is 2. The third-order valence-corrected chi connectivity index (χ3v) is 4.53. The quantitative estimate of drug-likeness (QED) is 0.820. The smallest absolute Gasteiger partial charge is 0.271 e. The number of para-hydroxylation sites is 1. The predicted octanol–water partition coefficient (Wildman–Crippen LogP) is 3.47. The second kappa shape index (κ2) is 6.90. The summed E-state index contributed by atoms with van der Waals surface area (Å²) in [6, 6.07) is 12.3. The zero-order valence-electron chi connectivity index (χ0n) is 13.6. The summed E-state index contributed by atoms with van der Waals surface area (Å²) in [5.74, 6) is 0.122. The van der Waals surface area contributed by atoms with E-state index in [1.807, 2.05) is 18.2 Å². The molecule has 2 N–H and O–H groups in total. The van der Waals surface area contributed by atoms with Crippen LogP contribution in [0.5, 0.6) is 17.2 Å². The van der Waals surface area contributed by atoms with Gasteiger partial charge in [-0.1, -0.05) is 18.2 Å². The zero-order valence-corrected chi connectivity index (χ0v) is 14.5. The zero-order chi connectivity index (χ0) is 18.0. The third kappa shape index (κ3) is 3.18. The molecule has 2 aromatic rings. The van der Waals surface area contributed by atoms with Crippen molar-refractivity contribution in [2.45, 2.75) is 0 Å². The second-order valence-electron chi connectivity index (χ2n) is 5.17. The first kappa shape index (κ1) is 16.9. The molecule has 25 heavy (non-hydrogen) atoms. The molecule has 1 saturated heterocycles. The monoisotopic (exact) mass is 356 g/mol. The first-order valence-corrected chi connectivity index (χ1v) is 8.19. The van der Waals surface area contributed by atoms with Crippen LogP contribution in [0, 0.1) is 5.41 Å². The van der Waals surface area contributed by atoms with E-state index in [0.717, 1.165) is 11.8 Å². The molecule has 1 fully saturated rings. The van der Waals surface area contributed by atoms with Gasteiger partial charge in [-0.15, -0.1) is 0 Å². The lowest BCUT2D eigenvalue weighted by Gasteiger charge is -2.13. The molecular weight excluding hydrogens is 340 g/mol. The lowest BCUT2D eigenvalue weighted by molar-refractivity contribution is -0.113. The van der Waals surface area contributed by atoms with Crippen molar-refractivity contribution < 1.29 is 19.4 Å². The highest BCUT2D eigenvalue weighted by Gasteiger charge is 2.33. The number of hydrogen-bond donors (Lipinski definition) is 2. The van der Waals surface area contributed by atoms with Crippen molar-refractivity contribution in [3.8, 4) is 17.2 Å². The highest BCUT2D eigenvalue weighted by atomic mass is 32.2. The maximum absolute atomic E-state index is 12.7. The molecule has 6 nitrogen and oxygen atoms in total. The second-order valence-corrected chi connectivity index (χ2v) is 6.20. The molecule has 0 unspecified atom stereocenters. The number of aromatic hydroxyl groups is 1. The van der Waals surface area contributed by atoms with E-state index in [1.54, 1.807) is 30.3 Å². The number of amidine groups is 1. The van der Waals surface area contributed by atoms with E-state index in [0.29, 0.717) is 16.2 Å². The van der Waals surface area contributed by atoms with Crippen LogP contribution >= 0.6 is 11.8 Å². The SMILES string of the molecule is COc1cc(/C=C2\SC(=N)N(c3ccccc3)C2=O)cc(OC)c1O. The molecule has 7 heteroatoms. The van der Waals surface area contributed by atoms with Crippen LogP contribution in [0.3, 0.4) is 0 Å². The molecule has 1 aliphatic heterocycles. The molecule has 0 atom stereocenters. The number of thioether (sulfide) groups is 1. The number of anilines is 1. The highest BCUT2D eigenvalue weighted by molar-refractivity contribution is 8.19. The van der Waals surface area contributed by atoms with E-state index in [9.17, 15) is 9.90 Å². The number of methoxy groups -OCH3 is 2. The molecule has 1 amide bonds. The summed E-state index contributed by atoms with van der Waals surface area (Å²) < 4.78 is 10.3. The predicted molar refractivity (Wildman–Crippen MR) is 98.4 cm³/mol. The Morgan fingerprint density at radius 3 is 2.28 bits per heavy atom. The minimum atomic E-state index is -0.271. The fourth-order valence-corrected chi connectivity index (χ4v) is 3.31. The van der Waals surface area contributed by atoms with Gasteiger partial charge in [-0.05, 0) is 47.7 Å². The van der Waals surface area contributed by atoms with Crippen molar-refractivity contribution in [2.75, 3.05) is 19.1 Å². The van der Waals surface area contributed by atoms with E-state index in [1.165, 1.54) is 19.1 Å². The van der Waals surface area contributed by atoms with Gasteiger partial charge in [0.1, 0.15) is 0 Å². The van der Waals surface area contributed by atoms with Crippen molar-refractivity contribution in [3.63, 3.8) is 0 Å². The van der Waals surface area contributed by atoms with E-state index < -0.39 is 0 Å². The molecule has 0 aliphatic carbocycles. The van der Waals surface area contributed by atoms with Gasteiger partial charge in [-0.2, -0.15) is 0 Å². The Balaban J connectivity index is 1.98. The van der Waals surface area contributed by atoms with Crippen LogP contribution in [0.2, 0.25) is 0 Å². The first-order valence-electron chi connectivity index (χ1n) is 7.37. The van der Waals surface area contributed by atoms with E-state index in [-0.39, 0.29) is 28.3 Å². The summed E-state index contributed by atoms with van der Waals surface area (Å²) in [4.78, 5) is 14.4. The van der Waals surface area contributed by atoms with Crippen LogP contribution in [-0.4, -0.2) is 30.4 Å². The van der Waals surface area contributed by atoms with Crippen LogP contribution in [0.25, 0.3) is 6.08 Å². The van der Waals surface area contributed by atoms with Crippen LogP contribution in [0.1, 0.15) is 5.56 Å². The number of phenolic OH excluding ortho intramolecular Hbond substituents is 1. The first-order chi connectivity index (χ1) is 12.0. The van der Waals surface area contributed by atoms with Crippen molar-refractivity contribution >= 4 is 34.6 Å². The van der Waals surface area contributed by atoms with Gasteiger partial charge < -0.3 is 14.6 Å². The Hall–Kier alpha value is -2.93. The standard InChI is InChI=1S/C18H16N2O4S/c1-23-13-8-11(9-14(24-2)16(13)21)10-15-17(22)20(18(19)25-15)12-6-4-3-5-7-12/h3-10,19,21H,1-2H3/b15-10-,19-18?. The average molecular weight is 356 g/mol.